The number of nitrogens with one attached hydrogen (secondary N) is 1. The molecule has 0 amide bonds. The first-order chi connectivity index (χ1) is 14.8. The number of rotatable bonds is 6. The topological polar surface area (TPSA) is 126 Å². The van der Waals surface area contributed by atoms with Gasteiger partial charge in [-0.1, -0.05) is 0 Å². The van der Waals surface area contributed by atoms with Crippen molar-refractivity contribution in [1.29, 1.82) is 0 Å². The molecule has 2 heterocycles. The van der Waals surface area contributed by atoms with Gasteiger partial charge in [0.2, 0.25) is 5.95 Å². The highest BCUT2D eigenvalue weighted by Gasteiger charge is 2.22. The number of aryl methyl sites for hydroxylation is 1. The van der Waals surface area contributed by atoms with Crippen LogP contribution in [0.2, 0.25) is 0 Å². The molecule has 0 atom stereocenters. The van der Waals surface area contributed by atoms with Gasteiger partial charge in [0.05, 0.1) is 24.4 Å². The molecule has 3 N–H and O–H groups in total. The molecule has 0 saturated heterocycles. The maximum Gasteiger partial charge on any atom is 0.429 e. The summed E-state index contributed by atoms with van der Waals surface area (Å²) in [4.78, 5) is 27.7. The van der Waals surface area contributed by atoms with Crippen LogP contribution in [0.3, 0.4) is 0 Å². The molecule has 0 aliphatic heterocycles. The van der Waals surface area contributed by atoms with Crippen LogP contribution in [-0.2, 0) is 4.57 Å². The predicted octanol–water partition coefficient (Wildman–Crippen LogP) is 3.41. The van der Waals surface area contributed by atoms with E-state index in [0.29, 0.717) is 28.5 Å². The third-order valence-electron chi connectivity index (χ3n) is 4.82. The van der Waals surface area contributed by atoms with Crippen LogP contribution in [0.15, 0.2) is 54.9 Å². The van der Waals surface area contributed by atoms with Crippen LogP contribution in [0.5, 0.6) is 5.75 Å². The van der Waals surface area contributed by atoms with Crippen LogP contribution in [0.4, 0.5) is 17.3 Å². The smallest absolute Gasteiger partial charge is 0.429 e. The summed E-state index contributed by atoms with van der Waals surface area (Å²) in [7, 11) is -1.41. The van der Waals surface area contributed by atoms with Gasteiger partial charge in [-0.3, -0.25) is 4.67 Å². The van der Waals surface area contributed by atoms with E-state index < -0.39 is 7.75 Å². The van der Waals surface area contributed by atoms with E-state index in [0.717, 1.165) is 21.5 Å². The molecule has 2 aromatic carbocycles. The van der Waals surface area contributed by atoms with Crippen molar-refractivity contribution in [2.24, 2.45) is 0 Å². The summed E-state index contributed by atoms with van der Waals surface area (Å²) in [6.07, 6.45) is 3.38. The fraction of sp³-hybridized carbons (Fsp3) is 0.150. The van der Waals surface area contributed by atoms with E-state index in [4.69, 9.17) is 4.74 Å². The summed E-state index contributed by atoms with van der Waals surface area (Å²) >= 11 is 0. The lowest BCUT2D eigenvalue weighted by Gasteiger charge is -2.22. The molecule has 160 valence electrons. The zero-order valence-electron chi connectivity index (χ0n) is 17.1. The van der Waals surface area contributed by atoms with Gasteiger partial charge in [0, 0.05) is 24.6 Å². The normalized spacial score (nSPS) is 11.5. The summed E-state index contributed by atoms with van der Waals surface area (Å²) < 4.78 is 19.4. The average molecular weight is 440 g/mol. The second-order valence-corrected chi connectivity index (χ2v) is 8.52. The van der Waals surface area contributed by atoms with Crippen LogP contribution < -0.4 is 14.7 Å². The number of methoxy groups -OCH3 is 1. The van der Waals surface area contributed by atoms with Crippen molar-refractivity contribution in [3.8, 4) is 11.4 Å². The van der Waals surface area contributed by atoms with Crippen LogP contribution in [0, 0.1) is 6.92 Å². The van der Waals surface area contributed by atoms with E-state index in [-0.39, 0.29) is 0 Å². The molecular weight excluding hydrogens is 419 g/mol. The fourth-order valence-corrected chi connectivity index (χ4v) is 3.66. The number of aromatic nitrogens is 4. The van der Waals surface area contributed by atoms with Gasteiger partial charge in [0.25, 0.3) is 0 Å². The molecule has 0 bridgehead atoms. The Morgan fingerprint density at radius 3 is 2.52 bits per heavy atom. The SMILES string of the molecule is COc1ccc(-n2ncc3cnc(Nc4ccc(N(C)P(=O)(O)O)c(C)c4)nc32)cc1. The first-order valence-electron chi connectivity index (χ1n) is 9.29. The summed E-state index contributed by atoms with van der Waals surface area (Å²) in [5.74, 6) is 1.12. The second kappa shape index (κ2) is 7.99. The number of hydrogen-bond acceptors (Lipinski definition) is 6. The summed E-state index contributed by atoms with van der Waals surface area (Å²) in [6.45, 7) is 1.77. The first-order valence-corrected chi connectivity index (χ1v) is 10.9. The van der Waals surface area contributed by atoms with Gasteiger partial charge >= 0.3 is 7.75 Å². The number of anilines is 3. The maximum absolute atomic E-state index is 11.5. The Balaban J connectivity index is 1.63. The zero-order valence-corrected chi connectivity index (χ0v) is 18.0. The maximum atomic E-state index is 11.5. The standard InChI is InChI=1S/C20H21N6O4P/c1-13-10-15(4-9-18(13)25(2)31(27,28)29)23-20-21-11-14-12-22-26(19(14)24-20)16-5-7-17(30-3)8-6-16/h4-12H,1-3H3,(H,21,23,24)(H2,27,28,29). The molecule has 0 aliphatic carbocycles. The summed E-state index contributed by atoms with van der Waals surface area (Å²) in [5, 5.41) is 8.32. The predicted molar refractivity (Wildman–Crippen MR) is 118 cm³/mol. The minimum atomic E-state index is -4.38. The van der Waals surface area contributed by atoms with E-state index in [2.05, 4.69) is 20.4 Å². The molecular formula is C20H21N6O4P. The average Bonchev–Trinajstić information content (AvgIpc) is 3.16. The highest BCUT2D eigenvalue weighted by molar-refractivity contribution is 7.53. The highest BCUT2D eigenvalue weighted by atomic mass is 31.2. The molecule has 4 aromatic rings. The van der Waals surface area contributed by atoms with Crippen molar-refractivity contribution in [1.82, 2.24) is 19.7 Å². The molecule has 4 rings (SSSR count). The van der Waals surface area contributed by atoms with Crippen LogP contribution in [0.25, 0.3) is 16.7 Å². The lowest BCUT2D eigenvalue weighted by Crippen LogP contribution is -2.13. The fourth-order valence-electron chi connectivity index (χ4n) is 3.16. The van der Waals surface area contributed by atoms with Crippen molar-refractivity contribution < 1.29 is 19.1 Å². The van der Waals surface area contributed by atoms with Gasteiger partial charge < -0.3 is 19.8 Å². The van der Waals surface area contributed by atoms with E-state index in [1.807, 2.05) is 24.3 Å². The number of fused-ring (bicyclic) bond motifs is 1. The van der Waals surface area contributed by atoms with Crippen molar-refractivity contribution in [3.05, 3.63) is 60.4 Å². The third kappa shape index (κ3) is 4.22. The van der Waals surface area contributed by atoms with E-state index in [1.54, 1.807) is 49.3 Å². The van der Waals surface area contributed by atoms with Gasteiger partial charge in [-0.25, -0.2) is 14.2 Å². The minimum absolute atomic E-state index is 0.373. The Labute approximate surface area is 178 Å². The lowest BCUT2D eigenvalue weighted by atomic mass is 10.2. The molecule has 2 aromatic heterocycles. The minimum Gasteiger partial charge on any atom is -0.497 e. The van der Waals surface area contributed by atoms with Crippen molar-refractivity contribution in [2.45, 2.75) is 6.92 Å². The number of hydrogen-bond donors (Lipinski definition) is 3. The van der Waals surface area contributed by atoms with Crippen LogP contribution in [-0.4, -0.2) is 43.7 Å². The van der Waals surface area contributed by atoms with Crippen LogP contribution >= 0.6 is 7.75 Å². The van der Waals surface area contributed by atoms with Crippen molar-refractivity contribution >= 4 is 36.1 Å². The van der Waals surface area contributed by atoms with Crippen molar-refractivity contribution in [3.63, 3.8) is 0 Å². The Bertz CT molecular complexity index is 1280. The molecule has 0 unspecified atom stereocenters. The number of ether oxygens (including phenoxy) is 1. The summed E-state index contributed by atoms with van der Waals surface area (Å²) in [5.41, 5.74) is 3.29. The number of nitrogens with zero attached hydrogens (tertiary/aromatic N) is 5. The van der Waals surface area contributed by atoms with E-state index >= 15 is 0 Å². The van der Waals surface area contributed by atoms with Crippen molar-refractivity contribution in [2.75, 3.05) is 24.1 Å². The van der Waals surface area contributed by atoms with Gasteiger partial charge in [-0.05, 0) is 55.0 Å². The molecule has 11 heteroatoms. The molecule has 0 spiro atoms. The Kier molecular flexibility index (Phi) is 5.36. The molecule has 31 heavy (non-hydrogen) atoms. The molecule has 10 nitrogen and oxygen atoms in total. The van der Waals surface area contributed by atoms with E-state index in [9.17, 15) is 14.4 Å². The molecule has 0 fully saturated rings. The Morgan fingerprint density at radius 1 is 1.13 bits per heavy atom. The molecule has 0 saturated carbocycles. The van der Waals surface area contributed by atoms with Gasteiger partial charge in [-0.2, -0.15) is 10.1 Å². The van der Waals surface area contributed by atoms with Crippen LogP contribution in [0.1, 0.15) is 5.56 Å². The number of benzene rings is 2. The highest BCUT2D eigenvalue weighted by Crippen LogP contribution is 2.43. The molecule has 0 aliphatic rings. The Hall–Kier alpha value is -3.46. The Morgan fingerprint density at radius 2 is 1.87 bits per heavy atom. The lowest BCUT2D eigenvalue weighted by molar-refractivity contribution is 0.371. The van der Waals surface area contributed by atoms with E-state index in [1.165, 1.54) is 7.05 Å². The van der Waals surface area contributed by atoms with Gasteiger partial charge in [0.1, 0.15) is 5.75 Å². The zero-order chi connectivity index (χ0) is 22.2. The first kappa shape index (κ1) is 20.8. The molecule has 0 radical (unpaired) electrons. The third-order valence-corrected chi connectivity index (χ3v) is 5.82. The largest absolute Gasteiger partial charge is 0.497 e. The quantitative estimate of drug-likeness (QED) is 0.387. The van der Waals surface area contributed by atoms with Gasteiger partial charge in [0.15, 0.2) is 5.65 Å². The summed E-state index contributed by atoms with van der Waals surface area (Å²) in [6, 6.07) is 12.6. The monoisotopic (exact) mass is 440 g/mol. The second-order valence-electron chi connectivity index (χ2n) is 6.89. The van der Waals surface area contributed by atoms with Gasteiger partial charge in [-0.15, -0.1) is 0 Å².